The van der Waals surface area contributed by atoms with Crippen LogP contribution in [0.25, 0.3) is 0 Å². The molecule has 112 valence electrons. The number of sulfonamides is 1. The molecule has 0 radical (unpaired) electrons. The predicted molar refractivity (Wildman–Crippen MR) is 79.7 cm³/mol. The molecule has 2 rings (SSSR count). The van der Waals surface area contributed by atoms with Crippen LogP contribution < -0.4 is 9.46 Å². The van der Waals surface area contributed by atoms with Crippen LogP contribution in [0, 0.1) is 13.8 Å². The lowest BCUT2D eigenvalue weighted by atomic mass is 10.1. The van der Waals surface area contributed by atoms with E-state index >= 15 is 0 Å². The Balaban J connectivity index is 2.35. The van der Waals surface area contributed by atoms with Gasteiger partial charge in [-0.15, -0.1) is 0 Å². The minimum Gasteiger partial charge on any atom is -0.492 e. The first kappa shape index (κ1) is 15.3. The molecule has 0 atom stereocenters. The Morgan fingerprint density at radius 3 is 2.40 bits per heavy atom. The highest BCUT2D eigenvalue weighted by Crippen LogP contribution is 2.29. The molecule has 1 aliphatic rings. The second-order valence-electron chi connectivity index (χ2n) is 5.42. The van der Waals surface area contributed by atoms with E-state index in [1.54, 1.807) is 6.07 Å². The van der Waals surface area contributed by atoms with Crippen molar-refractivity contribution < 1.29 is 13.2 Å². The second-order valence-corrected chi connectivity index (χ2v) is 7.10. The molecule has 0 heterocycles. The van der Waals surface area contributed by atoms with E-state index in [-0.39, 0.29) is 10.9 Å². The Kier molecular flexibility index (Phi) is 4.70. The zero-order valence-electron chi connectivity index (χ0n) is 12.4. The van der Waals surface area contributed by atoms with Gasteiger partial charge in [0.15, 0.2) is 0 Å². The number of nitrogens with one attached hydrogen (secondary N) is 1. The number of hydrogen-bond donors (Lipinski definition) is 1. The van der Waals surface area contributed by atoms with Crippen LogP contribution in [0.3, 0.4) is 0 Å². The zero-order chi connectivity index (χ0) is 14.8. The molecule has 4 nitrogen and oxygen atoms in total. The quantitative estimate of drug-likeness (QED) is 0.909. The molecule has 20 heavy (non-hydrogen) atoms. The van der Waals surface area contributed by atoms with Crippen LogP contribution in [0.2, 0.25) is 0 Å². The van der Waals surface area contributed by atoms with Crippen molar-refractivity contribution >= 4 is 10.0 Å². The Labute approximate surface area is 121 Å². The fraction of sp³-hybridized carbons (Fsp3) is 0.600. The van der Waals surface area contributed by atoms with Crippen molar-refractivity contribution in [1.82, 2.24) is 4.72 Å². The van der Waals surface area contributed by atoms with E-state index in [2.05, 4.69) is 4.72 Å². The summed E-state index contributed by atoms with van der Waals surface area (Å²) in [6.07, 6.45) is 4.04. The Bertz CT molecular complexity index is 575. The summed E-state index contributed by atoms with van der Waals surface area (Å²) in [5, 5.41) is 0. The lowest BCUT2D eigenvalue weighted by Gasteiger charge is -2.17. The molecular formula is C15H23NO3S. The normalized spacial score (nSPS) is 16.6. The minimum atomic E-state index is -3.51. The topological polar surface area (TPSA) is 55.4 Å². The smallest absolute Gasteiger partial charge is 0.244 e. The van der Waals surface area contributed by atoms with Crippen molar-refractivity contribution in [3.05, 3.63) is 23.3 Å². The monoisotopic (exact) mass is 297 g/mol. The van der Waals surface area contributed by atoms with Crippen LogP contribution in [0.15, 0.2) is 17.0 Å². The average molecular weight is 297 g/mol. The van der Waals surface area contributed by atoms with Gasteiger partial charge >= 0.3 is 0 Å². The Hall–Kier alpha value is -1.07. The molecule has 0 spiro atoms. The molecular weight excluding hydrogens is 274 g/mol. The van der Waals surface area contributed by atoms with Gasteiger partial charge in [0.2, 0.25) is 10.0 Å². The van der Waals surface area contributed by atoms with E-state index in [1.165, 1.54) is 0 Å². The summed E-state index contributed by atoms with van der Waals surface area (Å²) in [6.45, 7) is 6.18. The maximum atomic E-state index is 12.6. The van der Waals surface area contributed by atoms with Gasteiger partial charge in [0.05, 0.1) is 6.61 Å². The molecule has 1 aromatic rings. The maximum absolute atomic E-state index is 12.6. The Morgan fingerprint density at radius 1 is 1.20 bits per heavy atom. The average Bonchev–Trinajstić information content (AvgIpc) is 2.85. The first-order valence-electron chi connectivity index (χ1n) is 7.20. The standard InChI is InChI=1S/C15H23NO3S/c1-4-19-14-9-11(2)12(3)10-15(14)20(17,18)16-13-7-5-6-8-13/h9-10,13,16H,4-8H2,1-3H3. The van der Waals surface area contributed by atoms with Crippen molar-refractivity contribution in [2.75, 3.05) is 6.61 Å². The van der Waals surface area contributed by atoms with Crippen molar-refractivity contribution in [2.24, 2.45) is 0 Å². The number of rotatable bonds is 5. The molecule has 0 saturated heterocycles. The van der Waals surface area contributed by atoms with E-state index in [4.69, 9.17) is 4.74 Å². The van der Waals surface area contributed by atoms with Crippen molar-refractivity contribution in [3.8, 4) is 5.75 Å². The van der Waals surface area contributed by atoms with Crippen LogP contribution >= 0.6 is 0 Å². The lowest BCUT2D eigenvalue weighted by molar-refractivity contribution is 0.330. The lowest BCUT2D eigenvalue weighted by Crippen LogP contribution is -2.33. The number of hydrogen-bond acceptors (Lipinski definition) is 3. The van der Waals surface area contributed by atoms with Crippen LogP contribution in [0.1, 0.15) is 43.7 Å². The largest absolute Gasteiger partial charge is 0.492 e. The van der Waals surface area contributed by atoms with Gasteiger partial charge < -0.3 is 4.74 Å². The van der Waals surface area contributed by atoms with Crippen molar-refractivity contribution in [3.63, 3.8) is 0 Å². The summed E-state index contributed by atoms with van der Waals surface area (Å²) in [7, 11) is -3.51. The van der Waals surface area contributed by atoms with E-state index in [0.717, 1.165) is 36.8 Å². The predicted octanol–water partition coefficient (Wildman–Crippen LogP) is 2.92. The van der Waals surface area contributed by atoms with Crippen LogP contribution in [-0.2, 0) is 10.0 Å². The van der Waals surface area contributed by atoms with Gasteiger partial charge in [0.25, 0.3) is 0 Å². The molecule has 0 bridgehead atoms. The highest BCUT2D eigenvalue weighted by molar-refractivity contribution is 7.89. The summed E-state index contributed by atoms with van der Waals surface area (Å²) in [4.78, 5) is 0.259. The highest BCUT2D eigenvalue weighted by atomic mass is 32.2. The molecule has 1 fully saturated rings. The third-order valence-corrected chi connectivity index (χ3v) is 5.37. The van der Waals surface area contributed by atoms with Gasteiger partial charge in [-0.3, -0.25) is 0 Å². The molecule has 0 amide bonds. The fourth-order valence-electron chi connectivity index (χ4n) is 2.57. The van der Waals surface area contributed by atoms with Gasteiger partial charge in [-0.1, -0.05) is 12.8 Å². The number of benzene rings is 1. The third kappa shape index (κ3) is 3.33. The molecule has 0 unspecified atom stereocenters. The van der Waals surface area contributed by atoms with Crippen molar-refractivity contribution in [2.45, 2.75) is 57.4 Å². The number of ether oxygens (including phenoxy) is 1. The summed E-state index contributed by atoms with van der Waals surface area (Å²) >= 11 is 0. The third-order valence-electron chi connectivity index (χ3n) is 3.83. The van der Waals surface area contributed by atoms with Gasteiger partial charge in [0, 0.05) is 6.04 Å². The van der Waals surface area contributed by atoms with Gasteiger partial charge in [-0.25, -0.2) is 13.1 Å². The van der Waals surface area contributed by atoms with Gasteiger partial charge in [-0.05, 0) is 56.9 Å². The summed E-state index contributed by atoms with van der Waals surface area (Å²) < 4.78 is 33.4. The number of aryl methyl sites for hydroxylation is 2. The summed E-state index contributed by atoms with van der Waals surface area (Å²) in [5.41, 5.74) is 1.99. The molecule has 1 saturated carbocycles. The summed E-state index contributed by atoms with van der Waals surface area (Å²) in [6, 6.07) is 3.58. The van der Waals surface area contributed by atoms with E-state index < -0.39 is 10.0 Å². The van der Waals surface area contributed by atoms with Crippen LogP contribution in [0.4, 0.5) is 0 Å². The first-order valence-corrected chi connectivity index (χ1v) is 8.68. The molecule has 1 N–H and O–H groups in total. The minimum absolute atomic E-state index is 0.0658. The second kappa shape index (κ2) is 6.14. The first-order chi connectivity index (χ1) is 9.44. The highest BCUT2D eigenvalue weighted by Gasteiger charge is 2.26. The van der Waals surface area contributed by atoms with Crippen LogP contribution in [0.5, 0.6) is 5.75 Å². The Morgan fingerprint density at radius 2 is 1.80 bits per heavy atom. The summed E-state index contributed by atoms with van der Waals surface area (Å²) in [5.74, 6) is 0.445. The van der Waals surface area contributed by atoms with E-state index in [0.29, 0.717) is 12.4 Å². The zero-order valence-corrected chi connectivity index (χ0v) is 13.2. The maximum Gasteiger partial charge on any atom is 0.244 e. The molecule has 0 aromatic heterocycles. The fourth-order valence-corrected chi connectivity index (χ4v) is 4.08. The molecule has 1 aromatic carbocycles. The van der Waals surface area contributed by atoms with E-state index in [1.807, 2.05) is 26.8 Å². The van der Waals surface area contributed by atoms with Gasteiger partial charge in [0.1, 0.15) is 10.6 Å². The van der Waals surface area contributed by atoms with E-state index in [9.17, 15) is 8.42 Å². The molecule has 1 aliphatic carbocycles. The molecule has 5 heteroatoms. The van der Waals surface area contributed by atoms with Crippen molar-refractivity contribution in [1.29, 1.82) is 0 Å². The van der Waals surface area contributed by atoms with Gasteiger partial charge in [-0.2, -0.15) is 0 Å². The molecule has 0 aliphatic heterocycles. The van der Waals surface area contributed by atoms with Crippen LogP contribution in [-0.4, -0.2) is 21.1 Å². The SMILES string of the molecule is CCOc1cc(C)c(C)cc1S(=O)(=O)NC1CCCC1.